The van der Waals surface area contributed by atoms with Gasteiger partial charge in [-0.1, -0.05) is 11.6 Å². The SMILES string of the molecule is O=C(O)c1cc2ccnc(Cl)c2[nH]1. The van der Waals surface area contributed by atoms with E-state index in [1.807, 2.05) is 0 Å². The van der Waals surface area contributed by atoms with E-state index in [0.29, 0.717) is 5.52 Å². The summed E-state index contributed by atoms with van der Waals surface area (Å²) >= 11 is 5.74. The van der Waals surface area contributed by atoms with Crippen LogP contribution < -0.4 is 0 Å². The van der Waals surface area contributed by atoms with Crippen molar-refractivity contribution >= 4 is 28.5 Å². The number of carbonyl (C=O) groups is 1. The van der Waals surface area contributed by atoms with E-state index in [0.717, 1.165) is 5.39 Å². The van der Waals surface area contributed by atoms with Gasteiger partial charge < -0.3 is 10.1 Å². The highest BCUT2D eigenvalue weighted by Crippen LogP contribution is 2.20. The number of aromatic amines is 1. The molecule has 0 unspecified atom stereocenters. The fourth-order valence-electron chi connectivity index (χ4n) is 1.14. The molecule has 0 saturated heterocycles. The Kier molecular flexibility index (Phi) is 1.70. The summed E-state index contributed by atoms with van der Waals surface area (Å²) in [5.74, 6) is -1.01. The Hall–Kier alpha value is -1.55. The van der Waals surface area contributed by atoms with Crippen LogP contribution in [-0.2, 0) is 0 Å². The zero-order chi connectivity index (χ0) is 9.42. The minimum absolute atomic E-state index is 0.116. The van der Waals surface area contributed by atoms with E-state index in [1.165, 1.54) is 12.3 Å². The number of fused-ring (bicyclic) bond motifs is 1. The van der Waals surface area contributed by atoms with Crippen molar-refractivity contribution in [3.05, 3.63) is 29.2 Å². The number of nitrogens with one attached hydrogen (secondary N) is 1. The molecule has 2 aromatic heterocycles. The Balaban J connectivity index is 2.75. The number of H-pyrrole nitrogens is 1. The number of pyridine rings is 1. The molecule has 2 heterocycles. The zero-order valence-electron chi connectivity index (χ0n) is 6.41. The predicted molar refractivity (Wildman–Crippen MR) is 48.1 cm³/mol. The summed E-state index contributed by atoms with van der Waals surface area (Å²) in [6.45, 7) is 0. The lowest BCUT2D eigenvalue weighted by Gasteiger charge is -1.89. The van der Waals surface area contributed by atoms with Crippen LogP contribution in [0.2, 0.25) is 5.15 Å². The average Bonchev–Trinajstić information content (AvgIpc) is 2.49. The van der Waals surface area contributed by atoms with E-state index in [9.17, 15) is 4.79 Å². The third kappa shape index (κ3) is 1.25. The molecule has 0 radical (unpaired) electrons. The van der Waals surface area contributed by atoms with E-state index >= 15 is 0 Å². The van der Waals surface area contributed by atoms with Gasteiger partial charge in [-0.3, -0.25) is 0 Å². The van der Waals surface area contributed by atoms with Gasteiger partial charge in [0.05, 0.1) is 5.52 Å². The predicted octanol–water partition coefficient (Wildman–Crippen LogP) is 1.91. The molecule has 0 bridgehead atoms. The van der Waals surface area contributed by atoms with Crippen molar-refractivity contribution < 1.29 is 9.90 Å². The number of carboxylic acids is 1. The van der Waals surface area contributed by atoms with E-state index in [4.69, 9.17) is 16.7 Å². The number of aromatic carboxylic acids is 1. The molecule has 66 valence electrons. The van der Waals surface area contributed by atoms with Crippen molar-refractivity contribution in [1.29, 1.82) is 0 Å². The fourth-order valence-corrected chi connectivity index (χ4v) is 1.35. The summed E-state index contributed by atoms with van der Waals surface area (Å²) < 4.78 is 0. The number of halogens is 1. The second-order valence-electron chi connectivity index (χ2n) is 2.55. The topological polar surface area (TPSA) is 66.0 Å². The fraction of sp³-hybridized carbons (Fsp3) is 0. The summed E-state index contributed by atoms with van der Waals surface area (Å²) in [7, 11) is 0. The van der Waals surface area contributed by atoms with Gasteiger partial charge in [0.2, 0.25) is 0 Å². The third-order valence-electron chi connectivity index (χ3n) is 1.73. The molecular weight excluding hydrogens is 192 g/mol. The van der Waals surface area contributed by atoms with Gasteiger partial charge in [-0.05, 0) is 12.1 Å². The van der Waals surface area contributed by atoms with Crippen LogP contribution in [0.25, 0.3) is 10.9 Å². The largest absolute Gasteiger partial charge is 0.477 e. The van der Waals surface area contributed by atoms with Crippen molar-refractivity contribution in [3.8, 4) is 0 Å². The highest BCUT2D eigenvalue weighted by molar-refractivity contribution is 6.33. The van der Waals surface area contributed by atoms with Gasteiger partial charge in [-0.25, -0.2) is 9.78 Å². The molecule has 0 aromatic carbocycles. The molecule has 2 N–H and O–H groups in total. The summed E-state index contributed by atoms with van der Waals surface area (Å²) in [5.41, 5.74) is 0.673. The number of carboxylic acid groups (broad SMARTS) is 1. The van der Waals surface area contributed by atoms with Gasteiger partial charge in [0.25, 0.3) is 0 Å². The molecule has 0 aliphatic carbocycles. The van der Waals surface area contributed by atoms with Gasteiger partial charge in [0, 0.05) is 11.6 Å². The van der Waals surface area contributed by atoms with E-state index in [-0.39, 0.29) is 10.8 Å². The highest BCUT2D eigenvalue weighted by atomic mass is 35.5. The van der Waals surface area contributed by atoms with Crippen molar-refractivity contribution in [3.63, 3.8) is 0 Å². The molecule has 4 nitrogen and oxygen atoms in total. The first-order valence-electron chi connectivity index (χ1n) is 3.55. The molecule has 0 saturated carbocycles. The van der Waals surface area contributed by atoms with Crippen molar-refractivity contribution in [2.75, 3.05) is 0 Å². The number of nitrogens with zero attached hydrogens (tertiary/aromatic N) is 1. The molecule has 0 aliphatic rings. The quantitative estimate of drug-likeness (QED) is 0.685. The normalized spacial score (nSPS) is 10.5. The van der Waals surface area contributed by atoms with Crippen LogP contribution >= 0.6 is 11.6 Å². The smallest absolute Gasteiger partial charge is 0.352 e. The summed E-state index contributed by atoms with van der Waals surface area (Å²) in [6.07, 6.45) is 1.53. The number of aromatic nitrogens is 2. The minimum Gasteiger partial charge on any atom is -0.477 e. The van der Waals surface area contributed by atoms with E-state index < -0.39 is 5.97 Å². The third-order valence-corrected chi connectivity index (χ3v) is 2.01. The number of hydrogen-bond acceptors (Lipinski definition) is 2. The molecular formula is C8H5ClN2O2. The molecule has 0 fully saturated rings. The van der Waals surface area contributed by atoms with Crippen LogP contribution in [0, 0.1) is 0 Å². The van der Waals surface area contributed by atoms with Crippen LogP contribution in [0.5, 0.6) is 0 Å². The van der Waals surface area contributed by atoms with Crippen molar-refractivity contribution in [1.82, 2.24) is 9.97 Å². The van der Waals surface area contributed by atoms with Crippen LogP contribution in [0.4, 0.5) is 0 Å². The Bertz CT molecular complexity index is 478. The van der Waals surface area contributed by atoms with Gasteiger partial charge in [-0.2, -0.15) is 0 Å². The van der Waals surface area contributed by atoms with Crippen LogP contribution in [-0.4, -0.2) is 21.0 Å². The first kappa shape index (κ1) is 8.07. The van der Waals surface area contributed by atoms with E-state index in [1.54, 1.807) is 6.07 Å². The Morgan fingerprint density at radius 2 is 2.38 bits per heavy atom. The summed E-state index contributed by atoms with van der Waals surface area (Å²) in [5, 5.41) is 9.71. The lowest BCUT2D eigenvalue weighted by atomic mass is 10.3. The first-order chi connectivity index (χ1) is 6.18. The zero-order valence-corrected chi connectivity index (χ0v) is 7.17. The number of rotatable bonds is 1. The Morgan fingerprint density at radius 3 is 3.00 bits per heavy atom. The lowest BCUT2D eigenvalue weighted by Crippen LogP contribution is -1.94. The molecule has 2 aromatic rings. The van der Waals surface area contributed by atoms with Gasteiger partial charge >= 0.3 is 5.97 Å². The molecule has 0 aliphatic heterocycles. The van der Waals surface area contributed by atoms with Crippen LogP contribution in [0.1, 0.15) is 10.5 Å². The maximum atomic E-state index is 10.6. The highest BCUT2D eigenvalue weighted by Gasteiger charge is 2.09. The molecule has 0 amide bonds. The van der Waals surface area contributed by atoms with E-state index in [2.05, 4.69) is 9.97 Å². The van der Waals surface area contributed by atoms with Crippen molar-refractivity contribution in [2.45, 2.75) is 0 Å². The lowest BCUT2D eigenvalue weighted by molar-refractivity contribution is 0.0691. The Labute approximate surface area is 78.2 Å². The standard InChI is InChI=1S/C8H5ClN2O2/c9-7-6-4(1-2-10-7)3-5(11-6)8(12)13/h1-3,11H,(H,12,13). The summed E-state index contributed by atoms with van der Waals surface area (Å²) in [6, 6.07) is 3.22. The maximum absolute atomic E-state index is 10.6. The summed E-state index contributed by atoms with van der Waals surface area (Å²) in [4.78, 5) is 17.1. The maximum Gasteiger partial charge on any atom is 0.352 e. The molecule has 13 heavy (non-hydrogen) atoms. The molecule has 0 atom stereocenters. The molecule has 0 spiro atoms. The number of hydrogen-bond donors (Lipinski definition) is 2. The second-order valence-corrected chi connectivity index (χ2v) is 2.91. The Morgan fingerprint density at radius 1 is 1.62 bits per heavy atom. The van der Waals surface area contributed by atoms with Gasteiger partial charge in [-0.15, -0.1) is 0 Å². The second kappa shape index (κ2) is 2.74. The van der Waals surface area contributed by atoms with Gasteiger partial charge in [0.15, 0.2) is 5.15 Å². The van der Waals surface area contributed by atoms with Gasteiger partial charge in [0.1, 0.15) is 5.69 Å². The monoisotopic (exact) mass is 196 g/mol. The van der Waals surface area contributed by atoms with Crippen molar-refractivity contribution in [2.24, 2.45) is 0 Å². The molecule has 5 heteroatoms. The average molecular weight is 197 g/mol. The first-order valence-corrected chi connectivity index (χ1v) is 3.93. The van der Waals surface area contributed by atoms with Crippen LogP contribution in [0.3, 0.4) is 0 Å². The molecule has 2 rings (SSSR count). The van der Waals surface area contributed by atoms with Crippen LogP contribution in [0.15, 0.2) is 18.3 Å². The minimum atomic E-state index is -1.01.